The predicted molar refractivity (Wildman–Crippen MR) is 146 cm³/mol. The van der Waals surface area contributed by atoms with Gasteiger partial charge in [-0.1, -0.05) is 55.7 Å². The van der Waals surface area contributed by atoms with E-state index in [-0.39, 0.29) is 30.7 Å². The molecule has 4 aromatic rings. The molecule has 1 saturated carbocycles. The molecule has 2 N–H and O–H groups in total. The highest BCUT2D eigenvalue weighted by atomic mass is 19.1. The van der Waals surface area contributed by atoms with E-state index in [9.17, 15) is 9.59 Å². The molecule has 3 aromatic carbocycles. The number of benzene rings is 3. The molecule has 200 valence electrons. The number of para-hydroxylation sites is 1. The molecule has 1 fully saturated rings. The van der Waals surface area contributed by atoms with E-state index in [0.29, 0.717) is 17.2 Å². The van der Waals surface area contributed by atoms with Crippen LogP contribution in [0.5, 0.6) is 11.5 Å². The van der Waals surface area contributed by atoms with Crippen LogP contribution in [0.1, 0.15) is 49.3 Å². The monoisotopic (exact) mass is 527 g/mol. The van der Waals surface area contributed by atoms with Crippen LogP contribution < -0.4 is 19.7 Å². The molecule has 2 aliphatic rings. The number of rotatable bonds is 7. The first-order valence-corrected chi connectivity index (χ1v) is 13.4. The summed E-state index contributed by atoms with van der Waals surface area (Å²) in [6.07, 6.45) is 6.74. The lowest BCUT2D eigenvalue weighted by molar-refractivity contribution is -0.127. The molecule has 39 heavy (non-hydrogen) atoms. The van der Waals surface area contributed by atoms with Crippen LogP contribution in [0, 0.1) is 5.82 Å². The van der Waals surface area contributed by atoms with Gasteiger partial charge in [0.15, 0.2) is 11.5 Å². The van der Waals surface area contributed by atoms with Gasteiger partial charge in [0.2, 0.25) is 18.6 Å². The van der Waals surface area contributed by atoms with Gasteiger partial charge in [-0.3, -0.25) is 14.5 Å². The molecule has 0 bridgehead atoms. The lowest BCUT2D eigenvalue weighted by Gasteiger charge is -2.33. The van der Waals surface area contributed by atoms with Crippen molar-refractivity contribution in [3.8, 4) is 11.5 Å². The number of carbonyl (C=O) groups excluding carboxylic acids is 2. The molecule has 7 nitrogen and oxygen atoms in total. The van der Waals surface area contributed by atoms with Gasteiger partial charge in [0.1, 0.15) is 11.9 Å². The Morgan fingerprint density at radius 1 is 0.974 bits per heavy atom. The summed E-state index contributed by atoms with van der Waals surface area (Å²) in [7, 11) is 0. The van der Waals surface area contributed by atoms with Crippen molar-refractivity contribution < 1.29 is 23.5 Å². The highest BCUT2D eigenvalue weighted by Gasteiger charge is 2.36. The maximum atomic E-state index is 15.4. The maximum Gasteiger partial charge on any atom is 0.248 e. The van der Waals surface area contributed by atoms with E-state index in [4.69, 9.17) is 9.47 Å². The SMILES string of the molecule is O=C(NC1CCCCC1)C(c1ccccc1F)N(C(=O)Cc1c[nH]c2ccccc12)c1ccc2c(c1)OCO2. The Bertz CT molecular complexity index is 1510. The Morgan fingerprint density at radius 3 is 2.59 bits per heavy atom. The van der Waals surface area contributed by atoms with E-state index in [1.165, 1.54) is 11.0 Å². The second-order valence-corrected chi connectivity index (χ2v) is 10.1. The third-order valence-corrected chi connectivity index (χ3v) is 7.58. The van der Waals surface area contributed by atoms with E-state index >= 15 is 4.39 Å². The van der Waals surface area contributed by atoms with Gasteiger partial charge in [-0.2, -0.15) is 0 Å². The predicted octanol–water partition coefficient (Wildman–Crippen LogP) is 5.80. The number of ether oxygens (including phenoxy) is 2. The summed E-state index contributed by atoms with van der Waals surface area (Å²) >= 11 is 0. The molecule has 0 saturated heterocycles. The van der Waals surface area contributed by atoms with Crippen molar-refractivity contribution in [2.24, 2.45) is 0 Å². The minimum absolute atomic E-state index is 0.0113. The lowest BCUT2D eigenvalue weighted by atomic mass is 9.94. The fraction of sp³-hybridized carbons (Fsp3) is 0.290. The molecule has 1 aromatic heterocycles. The molecular weight excluding hydrogens is 497 g/mol. The number of aromatic amines is 1. The quantitative estimate of drug-likeness (QED) is 0.318. The second kappa shape index (κ2) is 10.8. The van der Waals surface area contributed by atoms with Crippen molar-refractivity contribution in [1.82, 2.24) is 10.3 Å². The van der Waals surface area contributed by atoms with E-state index in [2.05, 4.69) is 10.3 Å². The number of halogens is 1. The van der Waals surface area contributed by atoms with Crippen LogP contribution in [-0.2, 0) is 16.0 Å². The molecule has 1 aliphatic carbocycles. The zero-order chi connectivity index (χ0) is 26.8. The van der Waals surface area contributed by atoms with Crippen LogP contribution in [0.4, 0.5) is 10.1 Å². The summed E-state index contributed by atoms with van der Waals surface area (Å²) in [6.45, 7) is 0.0704. The average molecular weight is 528 g/mol. The van der Waals surface area contributed by atoms with Crippen molar-refractivity contribution >= 4 is 28.4 Å². The fourth-order valence-electron chi connectivity index (χ4n) is 5.62. The molecule has 6 rings (SSSR count). The van der Waals surface area contributed by atoms with E-state index in [0.717, 1.165) is 48.6 Å². The Kier molecular flexibility index (Phi) is 6.92. The zero-order valence-corrected chi connectivity index (χ0v) is 21.5. The first-order chi connectivity index (χ1) is 19.1. The summed E-state index contributed by atoms with van der Waals surface area (Å²) in [5, 5.41) is 4.05. The Hall–Kier alpha value is -4.33. The second-order valence-electron chi connectivity index (χ2n) is 10.1. The number of aromatic nitrogens is 1. The third kappa shape index (κ3) is 5.06. The van der Waals surface area contributed by atoms with Crippen molar-refractivity contribution in [3.63, 3.8) is 0 Å². The van der Waals surface area contributed by atoms with Crippen molar-refractivity contribution in [3.05, 3.63) is 89.9 Å². The number of nitrogens with zero attached hydrogens (tertiary/aromatic N) is 1. The number of carbonyl (C=O) groups is 2. The van der Waals surface area contributed by atoms with Gasteiger partial charge in [-0.05, 0) is 42.7 Å². The highest BCUT2D eigenvalue weighted by molar-refractivity contribution is 6.03. The zero-order valence-electron chi connectivity index (χ0n) is 21.5. The van der Waals surface area contributed by atoms with Crippen LogP contribution in [-0.4, -0.2) is 29.6 Å². The average Bonchev–Trinajstić information content (AvgIpc) is 3.59. The summed E-state index contributed by atoms with van der Waals surface area (Å²) < 4.78 is 26.4. The van der Waals surface area contributed by atoms with Crippen LogP contribution in [0.2, 0.25) is 0 Å². The van der Waals surface area contributed by atoms with Gasteiger partial charge in [0, 0.05) is 40.5 Å². The van der Waals surface area contributed by atoms with Crippen molar-refractivity contribution in [2.45, 2.75) is 50.6 Å². The van der Waals surface area contributed by atoms with Crippen molar-refractivity contribution in [2.75, 3.05) is 11.7 Å². The van der Waals surface area contributed by atoms with Gasteiger partial charge in [0.25, 0.3) is 0 Å². The van der Waals surface area contributed by atoms with Crippen LogP contribution in [0.15, 0.2) is 72.9 Å². The first kappa shape index (κ1) is 25.0. The Balaban J connectivity index is 1.43. The molecule has 1 atom stereocenters. The fourth-order valence-corrected chi connectivity index (χ4v) is 5.62. The topological polar surface area (TPSA) is 83.7 Å². The normalized spacial score (nSPS) is 15.7. The number of anilines is 1. The van der Waals surface area contributed by atoms with Crippen LogP contribution >= 0.6 is 0 Å². The molecule has 2 heterocycles. The molecule has 0 spiro atoms. The third-order valence-electron chi connectivity index (χ3n) is 7.58. The number of H-pyrrole nitrogens is 1. The van der Waals surface area contributed by atoms with Gasteiger partial charge in [-0.15, -0.1) is 0 Å². The molecule has 1 aliphatic heterocycles. The minimum atomic E-state index is -1.22. The van der Waals surface area contributed by atoms with E-state index < -0.39 is 17.8 Å². The lowest BCUT2D eigenvalue weighted by Crippen LogP contribution is -2.48. The van der Waals surface area contributed by atoms with Crippen LogP contribution in [0.25, 0.3) is 10.9 Å². The molecule has 1 unspecified atom stereocenters. The van der Waals surface area contributed by atoms with Crippen LogP contribution in [0.3, 0.4) is 0 Å². The van der Waals surface area contributed by atoms with Gasteiger partial charge in [-0.25, -0.2) is 4.39 Å². The molecule has 8 heteroatoms. The number of hydrogen-bond acceptors (Lipinski definition) is 4. The highest BCUT2D eigenvalue weighted by Crippen LogP contribution is 2.39. The minimum Gasteiger partial charge on any atom is -0.454 e. The van der Waals surface area contributed by atoms with E-state index in [1.807, 2.05) is 24.3 Å². The summed E-state index contributed by atoms with van der Waals surface area (Å²) in [5.41, 5.74) is 2.27. The summed E-state index contributed by atoms with van der Waals surface area (Å²) in [4.78, 5) is 32.8. The molecular formula is C31H30FN3O4. The number of amides is 2. The van der Waals surface area contributed by atoms with Crippen molar-refractivity contribution in [1.29, 1.82) is 0 Å². The summed E-state index contributed by atoms with van der Waals surface area (Å²) in [6, 6.07) is 17.7. The van der Waals surface area contributed by atoms with Gasteiger partial charge >= 0.3 is 0 Å². The largest absolute Gasteiger partial charge is 0.454 e. The molecule has 2 amide bonds. The Labute approximate surface area is 225 Å². The van der Waals surface area contributed by atoms with Gasteiger partial charge in [0.05, 0.1) is 6.42 Å². The maximum absolute atomic E-state index is 15.4. The standard InChI is InChI=1S/C31H30FN3O4/c32-25-12-6-4-11-24(25)30(31(37)34-21-8-2-1-3-9-21)35(22-14-15-27-28(17-22)39-19-38-27)29(36)16-20-18-33-26-13-7-5-10-23(20)26/h4-7,10-15,17-18,21,30,33H,1-3,8-9,16,19H2,(H,34,37). The number of hydrogen-bond donors (Lipinski definition) is 2. The van der Waals surface area contributed by atoms with E-state index in [1.54, 1.807) is 42.6 Å². The van der Waals surface area contributed by atoms with Gasteiger partial charge < -0.3 is 19.8 Å². The Morgan fingerprint density at radius 2 is 1.74 bits per heavy atom. The molecule has 0 radical (unpaired) electrons. The first-order valence-electron chi connectivity index (χ1n) is 13.4. The smallest absolute Gasteiger partial charge is 0.248 e. The number of nitrogens with one attached hydrogen (secondary N) is 2. The number of fused-ring (bicyclic) bond motifs is 2. The summed E-state index contributed by atoms with van der Waals surface area (Å²) in [5.74, 6) is -0.274.